The first-order valence-electron chi connectivity index (χ1n) is 12.8. The molecule has 5 aromatic rings. The van der Waals surface area contributed by atoms with Crippen LogP contribution in [0, 0.1) is 17.5 Å². The standard InChI is InChI=1S/C19H16N.C16H18N.Ir/c1-15(16-8-4-2-5-9-16)18-12-13-20-19(14-18)17-10-6-3-7-11-17;1-16(2,3)12-13-9-10-17-15(11-13)14-7-5-4-6-8-14;/h2-10,12-15H,1H3;4-7,9-11H,12H2,1-3H3;/q2*-1;. The second kappa shape index (κ2) is 14.0. The van der Waals surface area contributed by atoms with Crippen LogP contribution in [-0.2, 0) is 26.5 Å². The average Bonchev–Trinajstić information content (AvgIpc) is 2.94. The van der Waals surface area contributed by atoms with Gasteiger partial charge >= 0.3 is 0 Å². The van der Waals surface area contributed by atoms with Gasteiger partial charge in [-0.3, -0.25) is 0 Å². The molecular formula is C35H34IrN2-2. The van der Waals surface area contributed by atoms with E-state index in [9.17, 15) is 0 Å². The Morgan fingerprint density at radius 2 is 1.21 bits per heavy atom. The number of hydrogen-bond donors (Lipinski definition) is 0. The molecule has 3 aromatic carbocycles. The van der Waals surface area contributed by atoms with Crippen molar-refractivity contribution in [2.24, 2.45) is 5.41 Å². The van der Waals surface area contributed by atoms with Crippen LogP contribution in [-0.4, -0.2) is 9.97 Å². The maximum atomic E-state index is 4.45. The van der Waals surface area contributed by atoms with Crippen molar-refractivity contribution in [1.82, 2.24) is 9.97 Å². The quantitative estimate of drug-likeness (QED) is 0.174. The molecule has 0 aliphatic carbocycles. The average molecular weight is 675 g/mol. The summed E-state index contributed by atoms with van der Waals surface area (Å²) in [5, 5.41) is 0. The molecule has 2 aromatic heterocycles. The molecule has 2 nitrogen and oxygen atoms in total. The van der Waals surface area contributed by atoms with Gasteiger partial charge in [-0.25, -0.2) is 0 Å². The van der Waals surface area contributed by atoms with Gasteiger partial charge in [-0.05, 0) is 46.5 Å². The minimum atomic E-state index is 0. The Balaban J connectivity index is 0.000000208. The van der Waals surface area contributed by atoms with E-state index in [4.69, 9.17) is 0 Å². The van der Waals surface area contributed by atoms with Gasteiger partial charge in [0, 0.05) is 38.4 Å². The van der Waals surface area contributed by atoms with Crippen molar-refractivity contribution in [3.63, 3.8) is 0 Å². The van der Waals surface area contributed by atoms with Gasteiger partial charge in [0.1, 0.15) is 0 Å². The van der Waals surface area contributed by atoms with Gasteiger partial charge < -0.3 is 9.97 Å². The summed E-state index contributed by atoms with van der Waals surface area (Å²) < 4.78 is 0. The Kier molecular flexibility index (Phi) is 10.7. The summed E-state index contributed by atoms with van der Waals surface area (Å²) in [5.41, 5.74) is 8.31. The molecule has 1 unspecified atom stereocenters. The smallest absolute Gasteiger partial charge is 0.0163 e. The zero-order chi connectivity index (χ0) is 26.1. The van der Waals surface area contributed by atoms with Gasteiger partial charge in [0.05, 0.1) is 0 Å². The first kappa shape index (κ1) is 29.2. The predicted molar refractivity (Wildman–Crippen MR) is 154 cm³/mol. The normalized spacial score (nSPS) is 11.5. The van der Waals surface area contributed by atoms with Crippen molar-refractivity contribution in [2.45, 2.75) is 40.0 Å². The summed E-state index contributed by atoms with van der Waals surface area (Å²) in [4.78, 5) is 8.86. The van der Waals surface area contributed by atoms with E-state index in [0.717, 1.165) is 28.9 Å². The molecule has 0 N–H and O–H groups in total. The topological polar surface area (TPSA) is 25.8 Å². The molecule has 5 rings (SSSR count). The molecule has 0 amide bonds. The maximum Gasteiger partial charge on any atom is 0.0163 e. The Labute approximate surface area is 241 Å². The molecule has 0 saturated carbocycles. The number of rotatable bonds is 5. The number of pyridine rings is 2. The summed E-state index contributed by atoms with van der Waals surface area (Å²) >= 11 is 0. The summed E-state index contributed by atoms with van der Waals surface area (Å²) in [7, 11) is 0. The molecule has 0 aliphatic rings. The van der Waals surface area contributed by atoms with Crippen molar-refractivity contribution in [1.29, 1.82) is 0 Å². The van der Waals surface area contributed by atoms with Crippen molar-refractivity contribution < 1.29 is 20.1 Å². The van der Waals surface area contributed by atoms with Crippen LogP contribution >= 0.6 is 0 Å². The summed E-state index contributed by atoms with van der Waals surface area (Å²) in [6.07, 6.45) is 4.83. The Morgan fingerprint density at radius 3 is 1.76 bits per heavy atom. The molecule has 2 heterocycles. The van der Waals surface area contributed by atoms with Crippen LogP contribution in [0.2, 0.25) is 0 Å². The number of nitrogens with zero attached hydrogens (tertiary/aromatic N) is 2. The van der Waals surface area contributed by atoms with Gasteiger partial charge in [-0.1, -0.05) is 75.7 Å². The fourth-order valence-corrected chi connectivity index (χ4v) is 4.25. The monoisotopic (exact) mass is 675 g/mol. The number of benzene rings is 3. The van der Waals surface area contributed by atoms with Crippen LogP contribution in [0.15, 0.2) is 116 Å². The van der Waals surface area contributed by atoms with E-state index in [-0.39, 0.29) is 20.1 Å². The predicted octanol–water partition coefficient (Wildman–Crippen LogP) is 8.84. The summed E-state index contributed by atoms with van der Waals surface area (Å²) in [6, 6.07) is 41.4. The molecule has 0 spiro atoms. The second-order valence-corrected chi connectivity index (χ2v) is 10.4. The van der Waals surface area contributed by atoms with Gasteiger partial charge in [0.25, 0.3) is 0 Å². The van der Waals surface area contributed by atoms with Crippen molar-refractivity contribution in [2.75, 3.05) is 0 Å². The van der Waals surface area contributed by atoms with Crippen LogP contribution in [0.1, 0.15) is 50.3 Å². The van der Waals surface area contributed by atoms with E-state index in [0.29, 0.717) is 11.3 Å². The van der Waals surface area contributed by atoms with E-state index >= 15 is 0 Å². The van der Waals surface area contributed by atoms with Gasteiger partial charge in [0.15, 0.2) is 0 Å². The van der Waals surface area contributed by atoms with Crippen molar-refractivity contribution in [3.8, 4) is 22.5 Å². The second-order valence-electron chi connectivity index (χ2n) is 10.4. The summed E-state index contributed by atoms with van der Waals surface area (Å²) in [5.74, 6) is 0.363. The Hall–Kier alpha value is -3.39. The number of hydrogen-bond acceptors (Lipinski definition) is 2. The Morgan fingerprint density at radius 1 is 0.658 bits per heavy atom. The SMILES string of the molecule is CC(C)(C)Cc1ccnc(-c2[c-]cccc2)c1.CC(c1ccccc1)c1ccnc(-c2[c-]cccc2)c1.[Ir]. The van der Waals surface area contributed by atoms with E-state index < -0.39 is 0 Å². The van der Waals surface area contributed by atoms with Crippen LogP contribution in [0.3, 0.4) is 0 Å². The first-order chi connectivity index (χ1) is 17.9. The molecule has 3 heteroatoms. The largest absolute Gasteiger partial charge is 0.305 e. The molecular weight excluding hydrogens is 641 g/mol. The van der Waals surface area contributed by atoms with E-state index in [1.54, 1.807) is 0 Å². The van der Waals surface area contributed by atoms with E-state index in [1.807, 2.05) is 67.0 Å². The maximum absolute atomic E-state index is 4.45. The molecule has 0 aliphatic heterocycles. The van der Waals surface area contributed by atoms with Gasteiger partial charge in [-0.2, -0.15) is 0 Å². The van der Waals surface area contributed by atoms with Crippen molar-refractivity contribution in [3.05, 3.63) is 144 Å². The number of aromatic nitrogens is 2. The molecule has 1 radical (unpaired) electrons. The van der Waals surface area contributed by atoms with Crippen molar-refractivity contribution >= 4 is 0 Å². The molecule has 0 saturated heterocycles. The molecule has 0 fully saturated rings. The molecule has 195 valence electrons. The third-order valence-corrected chi connectivity index (χ3v) is 6.11. The Bertz CT molecular complexity index is 1380. The fraction of sp³-hybridized carbons (Fsp3) is 0.200. The molecule has 0 bridgehead atoms. The van der Waals surface area contributed by atoms with E-state index in [2.05, 4.69) is 98.3 Å². The van der Waals surface area contributed by atoms with Gasteiger partial charge in [0.2, 0.25) is 0 Å². The van der Waals surface area contributed by atoms with Crippen LogP contribution < -0.4 is 0 Å². The fourth-order valence-electron chi connectivity index (χ4n) is 4.25. The third-order valence-electron chi connectivity index (χ3n) is 6.11. The van der Waals surface area contributed by atoms with Crippen LogP contribution in [0.4, 0.5) is 0 Å². The van der Waals surface area contributed by atoms with Crippen LogP contribution in [0.25, 0.3) is 22.5 Å². The molecule has 1 atom stereocenters. The van der Waals surface area contributed by atoms with Crippen LogP contribution in [0.5, 0.6) is 0 Å². The zero-order valence-corrected chi connectivity index (χ0v) is 24.9. The van der Waals surface area contributed by atoms with E-state index in [1.165, 1.54) is 16.7 Å². The zero-order valence-electron chi connectivity index (χ0n) is 22.5. The minimum absolute atomic E-state index is 0. The molecule has 38 heavy (non-hydrogen) atoms. The van der Waals surface area contributed by atoms with Gasteiger partial charge in [-0.15, -0.1) is 71.8 Å². The first-order valence-corrected chi connectivity index (χ1v) is 12.8. The summed E-state index contributed by atoms with van der Waals surface area (Å²) in [6.45, 7) is 8.98. The third kappa shape index (κ3) is 8.58. The minimum Gasteiger partial charge on any atom is -0.305 e.